The molecule has 1 aliphatic heterocycles. The molecule has 1 heterocycles. The van der Waals surface area contributed by atoms with E-state index < -0.39 is 6.23 Å². The van der Waals surface area contributed by atoms with E-state index in [-0.39, 0.29) is 11.3 Å². The van der Waals surface area contributed by atoms with Gasteiger partial charge in [0.1, 0.15) is 6.23 Å². The molecule has 5 nitrogen and oxygen atoms in total. The Balaban J connectivity index is 1.68. The summed E-state index contributed by atoms with van der Waals surface area (Å²) in [6.07, 6.45) is 1.31. The van der Waals surface area contributed by atoms with Crippen molar-refractivity contribution in [3.8, 4) is 11.5 Å². The number of phenolic OH excluding ortho intramolecular Hbond substituents is 1. The van der Waals surface area contributed by atoms with Gasteiger partial charge < -0.3 is 14.9 Å². The lowest BCUT2D eigenvalue weighted by Gasteiger charge is -2.36. The van der Waals surface area contributed by atoms with Crippen LogP contribution in [0.4, 0.5) is 0 Å². The number of ether oxygens (including phenoxy) is 1. The van der Waals surface area contributed by atoms with E-state index in [1.54, 1.807) is 6.07 Å². The molecule has 0 fully saturated rings. The molecule has 0 amide bonds. The van der Waals surface area contributed by atoms with Gasteiger partial charge in [0.15, 0.2) is 11.5 Å². The fraction of sp³-hybridized carbons (Fsp3) is 0.538. The molecule has 0 saturated carbocycles. The van der Waals surface area contributed by atoms with Gasteiger partial charge in [0.25, 0.3) is 0 Å². The minimum atomic E-state index is -0.584. The molecule has 2 aromatic carbocycles. The summed E-state index contributed by atoms with van der Waals surface area (Å²) in [6.45, 7) is 11.1. The SMILES string of the molecule is CC(C)COc1cc(CCC(C)(C)N2Cc3cccc(C(O)N(C)C)c3C2)ccc1O. The second kappa shape index (κ2) is 9.60. The molecule has 0 saturated heterocycles. The maximum atomic E-state index is 10.6. The van der Waals surface area contributed by atoms with E-state index in [1.807, 2.05) is 43.3 Å². The topological polar surface area (TPSA) is 56.2 Å². The molecule has 1 atom stereocenters. The summed E-state index contributed by atoms with van der Waals surface area (Å²) < 4.78 is 5.78. The van der Waals surface area contributed by atoms with Crippen LogP contribution in [0.3, 0.4) is 0 Å². The molecule has 1 unspecified atom stereocenters. The summed E-state index contributed by atoms with van der Waals surface area (Å²) >= 11 is 0. The quantitative estimate of drug-likeness (QED) is 0.569. The lowest BCUT2D eigenvalue weighted by atomic mass is 9.93. The van der Waals surface area contributed by atoms with Crippen molar-refractivity contribution in [2.45, 2.75) is 65.4 Å². The number of hydrogen-bond acceptors (Lipinski definition) is 5. The van der Waals surface area contributed by atoms with Crippen LogP contribution in [0.5, 0.6) is 11.5 Å². The summed E-state index contributed by atoms with van der Waals surface area (Å²) in [5.41, 5.74) is 4.73. The van der Waals surface area contributed by atoms with Crippen molar-refractivity contribution in [1.29, 1.82) is 0 Å². The third kappa shape index (κ3) is 5.59. The first-order valence-corrected chi connectivity index (χ1v) is 11.2. The van der Waals surface area contributed by atoms with Gasteiger partial charge in [0.2, 0.25) is 0 Å². The Morgan fingerprint density at radius 3 is 2.55 bits per heavy atom. The molecule has 31 heavy (non-hydrogen) atoms. The first-order valence-electron chi connectivity index (χ1n) is 11.2. The van der Waals surface area contributed by atoms with Crippen LogP contribution in [-0.2, 0) is 19.5 Å². The van der Waals surface area contributed by atoms with Gasteiger partial charge in [0, 0.05) is 24.2 Å². The smallest absolute Gasteiger partial charge is 0.161 e. The maximum Gasteiger partial charge on any atom is 0.161 e. The van der Waals surface area contributed by atoms with E-state index >= 15 is 0 Å². The van der Waals surface area contributed by atoms with E-state index in [2.05, 4.69) is 38.7 Å². The zero-order chi connectivity index (χ0) is 22.8. The third-order valence-corrected chi connectivity index (χ3v) is 6.26. The van der Waals surface area contributed by atoms with Crippen LogP contribution in [-0.4, -0.2) is 46.3 Å². The number of aliphatic hydroxyl groups is 1. The molecule has 3 rings (SSSR count). The lowest BCUT2D eigenvalue weighted by molar-refractivity contribution is 0.0378. The van der Waals surface area contributed by atoms with Gasteiger partial charge >= 0.3 is 0 Å². The Morgan fingerprint density at radius 2 is 1.87 bits per heavy atom. The molecule has 2 N–H and O–H groups in total. The number of rotatable bonds is 9. The number of hydrogen-bond donors (Lipinski definition) is 2. The third-order valence-electron chi connectivity index (χ3n) is 6.26. The molecule has 0 bridgehead atoms. The summed E-state index contributed by atoms with van der Waals surface area (Å²) in [5, 5.41) is 20.7. The highest BCUT2D eigenvalue weighted by Crippen LogP contribution is 2.36. The number of aromatic hydroxyl groups is 1. The van der Waals surface area contributed by atoms with Crippen LogP contribution in [0.2, 0.25) is 0 Å². The van der Waals surface area contributed by atoms with Crippen LogP contribution in [0.15, 0.2) is 36.4 Å². The van der Waals surface area contributed by atoms with E-state index in [1.165, 1.54) is 16.7 Å². The highest BCUT2D eigenvalue weighted by atomic mass is 16.5. The number of fused-ring (bicyclic) bond motifs is 1. The Morgan fingerprint density at radius 1 is 1.13 bits per heavy atom. The first kappa shape index (κ1) is 23.6. The number of benzene rings is 2. The maximum absolute atomic E-state index is 10.6. The predicted octanol–water partition coefficient (Wildman–Crippen LogP) is 4.71. The van der Waals surface area contributed by atoms with Crippen molar-refractivity contribution in [3.05, 3.63) is 58.7 Å². The number of phenols is 1. The highest BCUT2D eigenvalue weighted by molar-refractivity contribution is 5.42. The Labute approximate surface area is 187 Å². The normalized spacial score (nSPS) is 15.5. The van der Waals surface area contributed by atoms with Gasteiger partial charge in [-0.05, 0) is 75.5 Å². The van der Waals surface area contributed by atoms with Crippen LogP contribution >= 0.6 is 0 Å². The van der Waals surface area contributed by atoms with E-state index in [4.69, 9.17) is 4.74 Å². The molecular weight excluding hydrogens is 388 g/mol. The molecular formula is C26H38N2O3. The van der Waals surface area contributed by atoms with E-state index in [0.29, 0.717) is 18.3 Å². The van der Waals surface area contributed by atoms with Crippen molar-refractivity contribution in [3.63, 3.8) is 0 Å². The van der Waals surface area contributed by atoms with Crippen LogP contribution < -0.4 is 4.74 Å². The fourth-order valence-corrected chi connectivity index (χ4v) is 4.09. The summed E-state index contributed by atoms with van der Waals surface area (Å²) in [4.78, 5) is 4.34. The van der Waals surface area contributed by atoms with Gasteiger partial charge in [-0.15, -0.1) is 0 Å². The molecule has 0 radical (unpaired) electrons. The molecule has 0 spiro atoms. The van der Waals surface area contributed by atoms with Crippen molar-refractivity contribution < 1.29 is 14.9 Å². The zero-order valence-corrected chi connectivity index (χ0v) is 19.9. The van der Waals surface area contributed by atoms with Crippen molar-refractivity contribution in [2.75, 3.05) is 20.7 Å². The van der Waals surface area contributed by atoms with Gasteiger partial charge in [-0.1, -0.05) is 38.1 Å². The van der Waals surface area contributed by atoms with Crippen LogP contribution in [0, 0.1) is 5.92 Å². The highest BCUT2D eigenvalue weighted by Gasteiger charge is 2.33. The average molecular weight is 427 g/mol. The minimum Gasteiger partial charge on any atom is -0.504 e. The van der Waals surface area contributed by atoms with Gasteiger partial charge in [-0.2, -0.15) is 0 Å². The molecule has 0 aromatic heterocycles. The second-order valence-corrected chi connectivity index (χ2v) is 10.00. The fourth-order valence-electron chi connectivity index (χ4n) is 4.09. The molecule has 0 aliphatic carbocycles. The Bertz CT molecular complexity index is 892. The predicted molar refractivity (Wildman–Crippen MR) is 125 cm³/mol. The standard InChI is InChI=1S/C26H38N2O3/c1-18(2)17-31-24-14-19(10-11-23(24)29)12-13-26(3,4)28-15-20-8-7-9-21(22(20)16-28)25(30)27(5)6/h7-11,14,18,25,29-30H,12-13,15-17H2,1-6H3. The molecule has 5 heteroatoms. The zero-order valence-electron chi connectivity index (χ0n) is 19.9. The number of aliphatic hydroxyl groups excluding tert-OH is 1. The number of nitrogens with zero attached hydrogens (tertiary/aromatic N) is 2. The largest absolute Gasteiger partial charge is 0.504 e. The van der Waals surface area contributed by atoms with Crippen molar-refractivity contribution in [1.82, 2.24) is 9.80 Å². The Kier molecular flexibility index (Phi) is 7.30. The van der Waals surface area contributed by atoms with Gasteiger partial charge in [-0.25, -0.2) is 0 Å². The monoisotopic (exact) mass is 426 g/mol. The van der Waals surface area contributed by atoms with E-state index in [0.717, 1.165) is 31.5 Å². The molecule has 1 aliphatic rings. The van der Waals surface area contributed by atoms with E-state index in [9.17, 15) is 10.2 Å². The molecule has 2 aromatic rings. The molecule has 170 valence electrons. The Hall–Kier alpha value is -2.08. The summed E-state index contributed by atoms with van der Waals surface area (Å²) in [6, 6.07) is 12.0. The summed E-state index contributed by atoms with van der Waals surface area (Å²) in [7, 11) is 3.80. The average Bonchev–Trinajstić information content (AvgIpc) is 3.17. The minimum absolute atomic E-state index is 0.00377. The van der Waals surface area contributed by atoms with Crippen molar-refractivity contribution >= 4 is 0 Å². The number of aryl methyl sites for hydroxylation is 1. The van der Waals surface area contributed by atoms with Crippen molar-refractivity contribution in [2.24, 2.45) is 5.92 Å². The van der Waals surface area contributed by atoms with Gasteiger partial charge in [-0.3, -0.25) is 9.80 Å². The van der Waals surface area contributed by atoms with Crippen LogP contribution in [0.25, 0.3) is 0 Å². The second-order valence-electron chi connectivity index (χ2n) is 10.00. The van der Waals surface area contributed by atoms with Gasteiger partial charge in [0.05, 0.1) is 6.61 Å². The van der Waals surface area contributed by atoms with Crippen LogP contribution in [0.1, 0.15) is 62.6 Å². The lowest BCUT2D eigenvalue weighted by Crippen LogP contribution is -2.40. The summed E-state index contributed by atoms with van der Waals surface area (Å²) in [5.74, 6) is 1.18. The first-order chi connectivity index (χ1) is 14.6.